The molecule has 3 aromatic rings. The first-order valence-corrected chi connectivity index (χ1v) is 6.87. The van der Waals surface area contributed by atoms with Crippen LogP contribution < -0.4 is 11.3 Å². The third kappa shape index (κ3) is 2.06. The van der Waals surface area contributed by atoms with Crippen molar-refractivity contribution in [2.24, 2.45) is 5.84 Å². The third-order valence-electron chi connectivity index (χ3n) is 2.93. The molecule has 3 rings (SSSR count). The van der Waals surface area contributed by atoms with E-state index in [2.05, 4.69) is 22.3 Å². The van der Waals surface area contributed by atoms with Crippen LogP contribution in [0.4, 0.5) is 5.82 Å². The van der Waals surface area contributed by atoms with Gasteiger partial charge in [0.15, 0.2) is 5.82 Å². The van der Waals surface area contributed by atoms with Crippen LogP contribution in [0.25, 0.3) is 21.3 Å². The number of hydrogen-bond acceptors (Lipinski definition) is 5. The SMILES string of the molecule is Cc1sc2ncnc(NN)c2c1-c1ccc(Cl)cc1. The van der Waals surface area contributed by atoms with E-state index < -0.39 is 0 Å². The number of hydrazine groups is 1. The summed E-state index contributed by atoms with van der Waals surface area (Å²) in [6.45, 7) is 2.07. The van der Waals surface area contributed by atoms with E-state index in [0.29, 0.717) is 5.82 Å². The van der Waals surface area contributed by atoms with Gasteiger partial charge in [-0.25, -0.2) is 15.8 Å². The molecule has 0 amide bonds. The number of fused-ring (bicyclic) bond motifs is 1. The summed E-state index contributed by atoms with van der Waals surface area (Å²) in [6, 6.07) is 7.73. The second kappa shape index (κ2) is 4.77. The second-order valence-electron chi connectivity index (χ2n) is 4.09. The molecular weight excluding hydrogens is 280 g/mol. The van der Waals surface area contributed by atoms with Crippen molar-refractivity contribution in [3.8, 4) is 11.1 Å². The smallest absolute Gasteiger partial charge is 0.152 e. The van der Waals surface area contributed by atoms with Gasteiger partial charge in [0.25, 0.3) is 0 Å². The van der Waals surface area contributed by atoms with E-state index >= 15 is 0 Å². The van der Waals surface area contributed by atoms with E-state index in [1.165, 1.54) is 11.2 Å². The largest absolute Gasteiger partial charge is 0.308 e. The fraction of sp³-hybridized carbons (Fsp3) is 0.0769. The predicted molar refractivity (Wildman–Crippen MR) is 80.4 cm³/mol. The Balaban J connectivity index is 2.33. The van der Waals surface area contributed by atoms with Crippen molar-refractivity contribution >= 4 is 39.0 Å². The van der Waals surface area contributed by atoms with Crippen molar-refractivity contribution in [2.45, 2.75) is 6.92 Å². The minimum absolute atomic E-state index is 0.638. The highest BCUT2D eigenvalue weighted by atomic mass is 35.5. The Morgan fingerprint density at radius 2 is 1.95 bits per heavy atom. The lowest BCUT2D eigenvalue weighted by Gasteiger charge is -2.05. The monoisotopic (exact) mass is 290 g/mol. The van der Waals surface area contributed by atoms with Crippen molar-refractivity contribution in [2.75, 3.05) is 5.43 Å². The molecule has 0 bridgehead atoms. The second-order valence-corrected chi connectivity index (χ2v) is 5.73. The highest BCUT2D eigenvalue weighted by Crippen LogP contribution is 2.40. The average molecular weight is 291 g/mol. The number of hydrogen-bond donors (Lipinski definition) is 2. The van der Waals surface area contributed by atoms with Crippen molar-refractivity contribution < 1.29 is 0 Å². The maximum atomic E-state index is 5.94. The van der Waals surface area contributed by atoms with Crippen LogP contribution in [0.5, 0.6) is 0 Å². The topological polar surface area (TPSA) is 63.8 Å². The maximum absolute atomic E-state index is 5.94. The van der Waals surface area contributed by atoms with Gasteiger partial charge < -0.3 is 5.43 Å². The molecular formula is C13H11ClN4S. The lowest BCUT2D eigenvalue weighted by molar-refractivity contribution is 1.19. The van der Waals surface area contributed by atoms with Crippen molar-refractivity contribution in [3.05, 3.63) is 40.5 Å². The molecule has 0 aliphatic rings. The fourth-order valence-electron chi connectivity index (χ4n) is 2.12. The van der Waals surface area contributed by atoms with Crippen LogP contribution in [-0.4, -0.2) is 9.97 Å². The van der Waals surface area contributed by atoms with Gasteiger partial charge in [0.2, 0.25) is 0 Å². The van der Waals surface area contributed by atoms with Gasteiger partial charge in [0.1, 0.15) is 11.2 Å². The Hall–Kier alpha value is -1.69. The summed E-state index contributed by atoms with van der Waals surface area (Å²) in [6.07, 6.45) is 1.51. The zero-order valence-corrected chi connectivity index (χ0v) is 11.7. The standard InChI is InChI=1S/C13H11ClN4S/c1-7-10(8-2-4-9(14)5-3-8)11-12(18-15)16-6-17-13(11)19-7/h2-6H,15H2,1H3,(H,16,17,18). The molecule has 3 N–H and O–H groups in total. The molecule has 2 heterocycles. The fourth-order valence-corrected chi connectivity index (χ4v) is 3.26. The van der Waals surface area contributed by atoms with Crippen LogP contribution in [0.3, 0.4) is 0 Å². The first-order valence-electron chi connectivity index (χ1n) is 5.67. The van der Waals surface area contributed by atoms with Gasteiger partial charge in [-0.05, 0) is 24.6 Å². The van der Waals surface area contributed by atoms with Crippen molar-refractivity contribution in [3.63, 3.8) is 0 Å². The molecule has 0 aliphatic carbocycles. The summed E-state index contributed by atoms with van der Waals surface area (Å²) < 4.78 is 0. The Bertz CT molecular complexity index is 736. The summed E-state index contributed by atoms with van der Waals surface area (Å²) in [5.41, 5.74) is 4.82. The van der Waals surface area contributed by atoms with Crippen LogP contribution in [0.1, 0.15) is 4.88 Å². The Labute approximate surface area is 119 Å². The van der Waals surface area contributed by atoms with Crippen LogP contribution in [0, 0.1) is 6.92 Å². The van der Waals surface area contributed by atoms with E-state index in [4.69, 9.17) is 17.4 Å². The van der Waals surface area contributed by atoms with E-state index in [1.807, 2.05) is 24.3 Å². The van der Waals surface area contributed by atoms with Crippen LogP contribution in [0.15, 0.2) is 30.6 Å². The zero-order chi connectivity index (χ0) is 13.4. The highest BCUT2D eigenvalue weighted by molar-refractivity contribution is 7.19. The molecule has 0 saturated heterocycles. The quantitative estimate of drug-likeness (QED) is 0.559. The third-order valence-corrected chi connectivity index (χ3v) is 4.20. The van der Waals surface area contributed by atoms with Gasteiger partial charge in [-0.15, -0.1) is 11.3 Å². The van der Waals surface area contributed by atoms with Gasteiger partial charge >= 0.3 is 0 Å². The number of benzene rings is 1. The van der Waals surface area contributed by atoms with Gasteiger partial charge in [0.05, 0.1) is 5.39 Å². The number of aryl methyl sites for hydroxylation is 1. The number of thiophene rings is 1. The Kier molecular flexibility index (Phi) is 3.10. The van der Waals surface area contributed by atoms with E-state index in [0.717, 1.165) is 26.4 Å². The lowest BCUT2D eigenvalue weighted by Crippen LogP contribution is -2.09. The highest BCUT2D eigenvalue weighted by Gasteiger charge is 2.15. The number of anilines is 1. The number of aromatic nitrogens is 2. The minimum atomic E-state index is 0.638. The Morgan fingerprint density at radius 1 is 1.21 bits per heavy atom. The normalized spacial score (nSPS) is 10.9. The molecule has 4 nitrogen and oxygen atoms in total. The van der Waals surface area contributed by atoms with Crippen LogP contribution in [0.2, 0.25) is 5.02 Å². The Morgan fingerprint density at radius 3 is 2.63 bits per heavy atom. The maximum Gasteiger partial charge on any atom is 0.152 e. The number of nitrogen functional groups attached to an aromatic ring is 1. The zero-order valence-electron chi connectivity index (χ0n) is 10.1. The average Bonchev–Trinajstić information content (AvgIpc) is 2.75. The van der Waals surface area contributed by atoms with E-state index in [-0.39, 0.29) is 0 Å². The number of nitrogens with one attached hydrogen (secondary N) is 1. The summed E-state index contributed by atoms with van der Waals surface area (Å²) >= 11 is 7.56. The molecule has 0 radical (unpaired) electrons. The molecule has 0 atom stereocenters. The van der Waals surface area contributed by atoms with Crippen molar-refractivity contribution in [1.29, 1.82) is 0 Å². The molecule has 6 heteroatoms. The van der Waals surface area contributed by atoms with E-state index in [1.54, 1.807) is 11.3 Å². The summed E-state index contributed by atoms with van der Waals surface area (Å²) in [7, 11) is 0. The lowest BCUT2D eigenvalue weighted by atomic mass is 10.0. The molecule has 0 unspecified atom stereocenters. The minimum Gasteiger partial charge on any atom is -0.308 e. The summed E-state index contributed by atoms with van der Waals surface area (Å²) in [5.74, 6) is 6.18. The van der Waals surface area contributed by atoms with Gasteiger partial charge in [-0.1, -0.05) is 23.7 Å². The first-order chi connectivity index (χ1) is 9.20. The van der Waals surface area contributed by atoms with Crippen molar-refractivity contribution in [1.82, 2.24) is 9.97 Å². The molecule has 2 aromatic heterocycles. The van der Waals surface area contributed by atoms with Crippen LogP contribution >= 0.6 is 22.9 Å². The summed E-state index contributed by atoms with van der Waals surface area (Å²) in [5, 5.41) is 1.67. The number of halogens is 1. The summed E-state index contributed by atoms with van der Waals surface area (Å²) in [4.78, 5) is 10.6. The van der Waals surface area contributed by atoms with Crippen LogP contribution in [-0.2, 0) is 0 Å². The molecule has 96 valence electrons. The molecule has 0 saturated carbocycles. The van der Waals surface area contributed by atoms with Gasteiger partial charge in [-0.3, -0.25) is 0 Å². The van der Waals surface area contributed by atoms with Gasteiger partial charge in [0, 0.05) is 15.5 Å². The number of nitrogens with two attached hydrogens (primary N) is 1. The molecule has 0 spiro atoms. The number of nitrogens with zero attached hydrogens (tertiary/aromatic N) is 2. The molecule has 19 heavy (non-hydrogen) atoms. The van der Waals surface area contributed by atoms with E-state index in [9.17, 15) is 0 Å². The number of rotatable bonds is 2. The van der Waals surface area contributed by atoms with Gasteiger partial charge in [-0.2, -0.15) is 0 Å². The molecule has 0 fully saturated rings. The predicted octanol–water partition coefficient (Wildman–Crippen LogP) is 3.61. The molecule has 0 aliphatic heterocycles. The first kappa shape index (κ1) is 12.3. The molecule has 1 aromatic carbocycles.